The molecule has 0 heterocycles. The predicted molar refractivity (Wildman–Crippen MR) is 75.4 cm³/mol. The van der Waals surface area contributed by atoms with Crippen LogP contribution in [0.3, 0.4) is 0 Å². The molecule has 2 N–H and O–H groups in total. The van der Waals surface area contributed by atoms with Gasteiger partial charge in [0.05, 0.1) is 21.3 Å². The minimum absolute atomic E-state index is 0. The van der Waals surface area contributed by atoms with Crippen molar-refractivity contribution >= 4 is 18.3 Å². The number of ether oxygens (including phenoxy) is 3. The van der Waals surface area contributed by atoms with Gasteiger partial charge in [0.15, 0.2) is 11.5 Å². The molecule has 0 unspecified atom stereocenters. The molecule has 0 aromatic heterocycles. The minimum Gasteiger partial charge on any atom is -0.496 e. The Balaban J connectivity index is 0.00000324. The third-order valence-electron chi connectivity index (χ3n) is 2.54. The highest BCUT2D eigenvalue weighted by Crippen LogP contribution is 2.35. The lowest BCUT2D eigenvalue weighted by Crippen LogP contribution is -2.15. The Kier molecular flexibility index (Phi) is 6.79. The smallest absolute Gasteiger partial charge is 0.244 e. The van der Waals surface area contributed by atoms with Crippen LogP contribution in [0.2, 0.25) is 0 Å². The van der Waals surface area contributed by atoms with Gasteiger partial charge in [0.1, 0.15) is 5.75 Å². The van der Waals surface area contributed by atoms with Gasteiger partial charge < -0.3 is 19.9 Å². The summed E-state index contributed by atoms with van der Waals surface area (Å²) in [6.45, 7) is 3.62. The van der Waals surface area contributed by atoms with Crippen LogP contribution >= 0.6 is 12.4 Å². The highest BCUT2D eigenvalue weighted by Gasteiger charge is 2.14. The summed E-state index contributed by atoms with van der Waals surface area (Å²) in [7, 11) is 4.62. The summed E-state index contributed by atoms with van der Waals surface area (Å²) in [6, 6.07) is 3.44. The van der Waals surface area contributed by atoms with Crippen LogP contribution in [-0.2, 0) is 11.2 Å². The van der Waals surface area contributed by atoms with Gasteiger partial charge in [-0.25, -0.2) is 0 Å². The van der Waals surface area contributed by atoms with E-state index in [1.807, 2.05) is 0 Å². The predicted octanol–water partition coefficient (Wildman–Crippen LogP) is 1.72. The first-order valence-electron chi connectivity index (χ1n) is 5.30. The van der Waals surface area contributed by atoms with Gasteiger partial charge in [0.2, 0.25) is 5.91 Å². The van der Waals surface area contributed by atoms with Crippen LogP contribution in [0.5, 0.6) is 17.2 Å². The zero-order valence-electron chi connectivity index (χ0n) is 11.2. The fourth-order valence-electron chi connectivity index (χ4n) is 1.55. The first-order chi connectivity index (χ1) is 8.53. The molecule has 0 fully saturated rings. The summed E-state index contributed by atoms with van der Waals surface area (Å²) in [5.41, 5.74) is 6.24. The van der Waals surface area contributed by atoms with Gasteiger partial charge in [-0.15, -0.1) is 12.4 Å². The number of amides is 1. The standard InChI is InChI=1S/C13H17NO4.ClH/c1-8(13(14)15)5-9-6-11(17-3)12(18-4)7-10(9)16-2;/h6-7H,1,5H2,2-4H3,(H2,14,15);1H. The number of hydrogen-bond donors (Lipinski definition) is 1. The van der Waals surface area contributed by atoms with Gasteiger partial charge in [-0.05, 0) is 6.07 Å². The number of carbonyl (C=O) groups excluding carboxylic acids is 1. The fraction of sp³-hybridized carbons (Fsp3) is 0.308. The van der Waals surface area contributed by atoms with Crippen molar-refractivity contribution < 1.29 is 19.0 Å². The Morgan fingerprint density at radius 3 is 2.00 bits per heavy atom. The lowest BCUT2D eigenvalue weighted by molar-refractivity contribution is -0.114. The van der Waals surface area contributed by atoms with E-state index in [-0.39, 0.29) is 12.4 Å². The van der Waals surface area contributed by atoms with Crippen LogP contribution in [0, 0.1) is 0 Å². The molecule has 106 valence electrons. The molecule has 0 radical (unpaired) electrons. The van der Waals surface area contributed by atoms with Crippen molar-refractivity contribution in [3.63, 3.8) is 0 Å². The molecule has 6 heteroatoms. The summed E-state index contributed by atoms with van der Waals surface area (Å²) < 4.78 is 15.6. The molecule has 19 heavy (non-hydrogen) atoms. The third-order valence-corrected chi connectivity index (χ3v) is 2.54. The summed E-state index contributed by atoms with van der Waals surface area (Å²) in [5.74, 6) is 1.18. The molecule has 1 amide bonds. The number of carbonyl (C=O) groups is 1. The van der Waals surface area contributed by atoms with E-state index in [1.165, 1.54) is 14.2 Å². The van der Waals surface area contributed by atoms with E-state index in [9.17, 15) is 4.79 Å². The fourth-order valence-corrected chi connectivity index (χ4v) is 1.55. The molecular weight excluding hydrogens is 270 g/mol. The number of rotatable bonds is 6. The molecular formula is C13H18ClNO4. The second-order valence-corrected chi connectivity index (χ2v) is 3.66. The van der Waals surface area contributed by atoms with Crippen molar-refractivity contribution in [3.8, 4) is 17.2 Å². The number of methoxy groups -OCH3 is 3. The Morgan fingerprint density at radius 1 is 1.11 bits per heavy atom. The SMILES string of the molecule is C=C(Cc1cc(OC)c(OC)cc1OC)C(N)=O.Cl. The number of halogens is 1. The van der Waals surface area contributed by atoms with Crippen LogP contribution in [0.15, 0.2) is 24.3 Å². The Hall–Kier alpha value is -1.88. The first-order valence-corrected chi connectivity index (χ1v) is 5.30. The monoisotopic (exact) mass is 287 g/mol. The van der Waals surface area contributed by atoms with Gasteiger partial charge >= 0.3 is 0 Å². The van der Waals surface area contributed by atoms with E-state index >= 15 is 0 Å². The molecule has 0 spiro atoms. The Bertz CT molecular complexity index is 474. The van der Waals surface area contributed by atoms with E-state index in [4.69, 9.17) is 19.9 Å². The maximum Gasteiger partial charge on any atom is 0.244 e. The number of hydrogen-bond acceptors (Lipinski definition) is 4. The molecule has 5 nitrogen and oxygen atoms in total. The first kappa shape index (κ1) is 17.1. The van der Waals surface area contributed by atoms with Crippen LogP contribution in [0.1, 0.15) is 5.56 Å². The van der Waals surface area contributed by atoms with Gasteiger partial charge in [-0.3, -0.25) is 4.79 Å². The molecule has 0 bridgehead atoms. The van der Waals surface area contributed by atoms with E-state index in [1.54, 1.807) is 19.2 Å². The lowest BCUT2D eigenvalue weighted by Gasteiger charge is -2.14. The van der Waals surface area contributed by atoms with Crippen molar-refractivity contribution in [3.05, 3.63) is 29.8 Å². The molecule has 1 aromatic rings. The zero-order valence-corrected chi connectivity index (χ0v) is 12.0. The molecule has 0 atom stereocenters. The van der Waals surface area contributed by atoms with E-state index < -0.39 is 5.91 Å². The maximum atomic E-state index is 11.0. The lowest BCUT2D eigenvalue weighted by atomic mass is 10.0. The Morgan fingerprint density at radius 2 is 1.58 bits per heavy atom. The van der Waals surface area contributed by atoms with E-state index in [0.717, 1.165) is 5.56 Å². The molecule has 0 aliphatic heterocycles. The second-order valence-electron chi connectivity index (χ2n) is 3.66. The summed E-state index contributed by atoms with van der Waals surface area (Å²) >= 11 is 0. The Labute approximate surface area is 118 Å². The van der Waals surface area contributed by atoms with Gasteiger partial charge in [-0.2, -0.15) is 0 Å². The van der Waals surface area contributed by atoms with E-state index in [2.05, 4.69) is 6.58 Å². The average Bonchev–Trinajstić information content (AvgIpc) is 2.37. The van der Waals surface area contributed by atoms with Crippen molar-refractivity contribution in [2.75, 3.05) is 21.3 Å². The summed E-state index contributed by atoms with van der Waals surface area (Å²) in [6.07, 6.45) is 0.304. The van der Waals surface area contributed by atoms with Crippen molar-refractivity contribution in [2.45, 2.75) is 6.42 Å². The molecule has 0 saturated heterocycles. The van der Waals surface area contributed by atoms with Crippen LogP contribution in [0.25, 0.3) is 0 Å². The molecule has 0 aliphatic carbocycles. The van der Waals surface area contributed by atoms with Crippen molar-refractivity contribution in [1.82, 2.24) is 0 Å². The summed E-state index contributed by atoms with van der Waals surface area (Å²) in [4.78, 5) is 11.0. The highest BCUT2D eigenvalue weighted by atomic mass is 35.5. The van der Waals surface area contributed by atoms with E-state index in [0.29, 0.717) is 29.2 Å². The topological polar surface area (TPSA) is 70.8 Å². The van der Waals surface area contributed by atoms with Gasteiger partial charge in [-0.1, -0.05) is 6.58 Å². The largest absolute Gasteiger partial charge is 0.496 e. The second kappa shape index (κ2) is 7.53. The minimum atomic E-state index is -0.535. The van der Waals surface area contributed by atoms with Gasteiger partial charge in [0, 0.05) is 23.6 Å². The van der Waals surface area contributed by atoms with Crippen molar-refractivity contribution in [2.24, 2.45) is 5.73 Å². The normalized spacial score (nSPS) is 9.21. The molecule has 0 saturated carbocycles. The van der Waals surface area contributed by atoms with Crippen LogP contribution < -0.4 is 19.9 Å². The average molecular weight is 288 g/mol. The zero-order chi connectivity index (χ0) is 13.7. The number of nitrogens with two attached hydrogens (primary N) is 1. The quantitative estimate of drug-likeness (QED) is 0.809. The van der Waals surface area contributed by atoms with Crippen LogP contribution in [-0.4, -0.2) is 27.2 Å². The molecule has 1 aromatic carbocycles. The van der Waals surface area contributed by atoms with Crippen molar-refractivity contribution in [1.29, 1.82) is 0 Å². The van der Waals surface area contributed by atoms with Crippen LogP contribution in [0.4, 0.5) is 0 Å². The number of primary amides is 1. The molecule has 0 aliphatic rings. The number of benzene rings is 1. The molecule has 1 rings (SSSR count). The maximum absolute atomic E-state index is 11.0. The highest BCUT2D eigenvalue weighted by molar-refractivity contribution is 5.91. The van der Waals surface area contributed by atoms with Gasteiger partial charge in [0.25, 0.3) is 0 Å². The third kappa shape index (κ3) is 4.06. The summed E-state index contributed by atoms with van der Waals surface area (Å²) in [5, 5.41) is 0.